The number of benzene rings is 1. The van der Waals surface area contributed by atoms with E-state index in [1.807, 2.05) is 0 Å². The Kier molecular flexibility index (Phi) is 2.63. The fraction of sp³-hybridized carbons (Fsp3) is 0.154. The van der Waals surface area contributed by atoms with Crippen molar-refractivity contribution in [2.75, 3.05) is 11.5 Å². The maximum Gasteiger partial charge on any atom is 0.198 e. The minimum absolute atomic E-state index is 0.142. The lowest BCUT2D eigenvalue weighted by Crippen LogP contribution is -2.06. The summed E-state index contributed by atoms with van der Waals surface area (Å²) in [5, 5.41) is 0. The first-order valence-corrected chi connectivity index (χ1v) is 5.26. The molecule has 0 aliphatic rings. The van der Waals surface area contributed by atoms with Gasteiger partial charge in [0, 0.05) is 16.9 Å². The lowest BCUT2D eigenvalue weighted by Gasteiger charge is -2.04. The van der Waals surface area contributed by atoms with Crippen LogP contribution < -0.4 is 11.5 Å². The number of furan rings is 1. The molecule has 0 spiro atoms. The molecule has 1 heterocycles. The Hall–Kier alpha value is -2.23. The van der Waals surface area contributed by atoms with Gasteiger partial charge in [-0.1, -0.05) is 0 Å². The minimum atomic E-state index is -0.142. The molecule has 0 amide bonds. The van der Waals surface area contributed by atoms with E-state index in [-0.39, 0.29) is 5.78 Å². The summed E-state index contributed by atoms with van der Waals surface area (Å²) in [4.78, 5) is 12.2. The second kappa shape index (κ2) is 3.97. The highest BCUT2D eigenvalue weighted by Gasteiger charge is 2.17. The van der Waals surface area contributed by atoms with Gasteiger partial charge in [0.15, 0.2) is 5.78 Å². The van der Waals surface area contributed by atoms with Crippen molar-refractivity contribution in [1.82, 2.24) is 0 Å². The molecule has 2 aromatic rings. The van der Waals surface area contributed by atoms with Gasteiger partial charge in [-0.05, 0) is 38.1 Å². The van der Waals surface area contributed by atoms with Crippen LogP contribution >= 0.6 is 0 Å². The van der Waals surface area contributed by atoms with Crippen molar-refractivity contribution >= 4 is 17.2 Å². The Bertz CT molecular complexity index is 585. The lowest BCUT2D eigenvalue weighted by molar-refractivity contribution is 0.103. The third-order valence-electron chi connectivity index (χ3n) is 2.61. The molecule has 0 aliphatic heterocycles. The van der Waals surface area contributed by atoms with Crippen molar-refractivity contribution in [1.29, 1.82) is 0 Å². The maximum absolute atomic E-state index is 12.2. The van der Waals surface area contributed by atoms with Gasteiger partial charge in [-0.2, -0.15) is 0 Å². The Balaban J connectivity index is 2.47. The Morgan fingerprint density at radius 1 is 1.12 bits per heavy atom. The van der Waals surface area contributed by atoms with E-state index >= 15 is 0 Å². The number of nitrogens with two attached hydrogens (primary N) is 2. The van der Waals surface area contributed by atoms with Gasteiger partial charge in [0.2, 0.25) is 0 Å². The van der Waals surface area contributed by atoms with E-state index in [0.717, 1.165) is 0 Å². The molecule has 1 aromatic heterocycles. The number of rotatable bonds is 2. The number of carbonyl (C=O) groups excluding carboxylic acids is 1. The number of hydrogen-bond donors (Lipinski definition) is 2. The molecule has 4 nitrogen and oxygen atoms in total. The van der Waals surface area contributed by atoms with Crippen molar-refractivity contribution in [3.05, 3.63) is 46.9 Å². The van der Waals surface area contributed by atoms with Crippen LogP contribution in [-0.4, -0.2) is 5.78 Å². The summed E-state index contributed by atoms with van der Waals surface area (Å²) in [6.07, 6.45) is 0. The van der Waals surface area contributed by atoms with Crippen LogP contribution in [0.4, 0.5) is 11.4 Å². The molecule has 4 heteroatoms. The van der Waals surface area contributed by atoms with Crippen molar-refractivity contribution in [2.45, 2.75) is 13.8 Å². The van der Waals surface area contributed by atoms with E-state index < -0.39 is 0 Å². The van der Waals surface area contributed by atoms with E-state index in [9.17, 15) is 4.79 Å². The predicted molar refractivity (Wildman–Crippen MR) is 66.9 cm³/mol. The lowest BCUT2D eigenvalue weighted by atomic mass is 10.0. The van der Waals surface area contributed by atoms with Crippen molar-refractivity contribution in [3.8, 4) is 0 Å². The topological polar surface area (TPSA) is 82.2 Å². The fourth-order valence-corrected chi connectivity index (χ4v) is 1.79. The molecular formula is C13H14N2O2. The van der Waals surface area contributed by atoms with Gasteiger partial charge < -0.3 is 15.9 Å². The first-order valence-electron chi connectivity index (χ1n) is 5.26. The molecular weight excluding hydrogens is 216 g/mol. The maximum atomic E-state index is 12.2. The first kappa shape index (κ1) is 11.3. The van der Waals surface area contributed by atoms with Crippen LogP contribution in [-0.2, 0) is 0 Å². The SMILES string of the molecule is Cc1cc(C(=O)c2ccc(N)cc2N)c(C)o1. The molecule has 0 fully saturated rings. The van der Waals surface area contributed by atoms with Crippen LogP contribution in [0.3, 0.4) is 0 Å². The quantitative estimate of drug-likeness (QED) is 0.612. The number of hydrogen-bond acceptors (Lipinski definition) is 4. The fourth-order valence-electron chi connectivity index (χ4n) is 1.79. The highest BCUT2D eigenvalue weighted by atomic mass is 16.3. The normalized spacial score (nSPS) is 10.5. The van der Waals surface area contributed by atoms with Crippen LogP contribution in [0.15, 0.2) is 28.7 Å². The van der Waals surface area contributed by atoms with E-state index in [4.69, 9.17) is 15.9 Å². The Labute approximate surface area is 99.2 Å². The number of ketones is 1. The molecule has 17 heavy (non-hydrogen) atoms. The zero-order chi connectivity index (χ0) is 12.6. The van der Waals surface area contributed by atoms with Gasteiger partial charge in [0.1, 0.15) is 11.5 Å². The molecule has 0 saturated heterocycles. The average Bonchev–Trinajstić information content (AvgIpc) is 2.57. The molecule has 0 saturated carbocycles. The summed E-state index contributed by atoms with van der Waals surface area (Å²) in [6, 6.07) is 6.59. The van der Waals surface area contributed by atoms with Gasteiger partial charge in [0.25, 0.3) is 0 Å². The third-order valence-corrected chi connectivity index (χ3v) is 2.61. The van der Waals surface area contributed by atoms with Crippen LogP contribution in [0, 0.1) is 13.8 Å². The Morgan fingerprint density at radius 3 is 2.35 bits per heavy atom. The molecule has 0 radical (unpaired) electrons. The largest absolute Gasteiger partial charge is 0.466 e. The Morgan fingerprint density at radius 2 is 1.82 bits per heavy atom. The molecule has 1 aromatic carbocycles. The number of aryl methyl sites for hydroxylation is 2. The summed E-state index contributed by atoms with van der Waals surface area (Å²) >= 11 is 0. The van der Waals surface area contributed by atoms with Gasteiger partial charge in [-0.3, -0.25) is 4.79 Å². The summed E-state index contributed by atoms with van der Waals surface area (Å²) < 4.78 is 5.33. The van der Waals surface area contributed by atoms with Gasteiger partial charge >= 0.3 is 0 Å². The molecule has 88 valence electrons. The van der Waals surface area contributed by atoms with Crippen LogP contribution in [0.5, 0.6) is 0 Å². The molecule has 4 N–H and O–H groups in total. The third kappa shape index (κ3) is 2.01. The first-order chi connectivity index (χ1) is 7.99. The molecule has 2 rings (SSSR count). The standard InChI is InChI=1S/C13H14N2O2/c1-7-5-11(8(2)17-7)13(16)10-4-3-9(14)6-12(10)15/h3-6H,14-15H2,1-2H3. The summed E-state index contributed by atoms with van der Waals surface area (Å²) in [5.74, 6) is 1.17. The second-order valence-electron chi connectivity index (χ2n) is 4.00. The van der Waals surface area contributed by atoms with Crippen molar-refractivity contribution < 1.29 is 9.21 Å². The number of anilines is 2. The van der Waals surface area contributed by atoms with E-state index in [1.54, 1.807) is 38.1 Å². The molecule has 0 unspecified atom stereocenters. The van der Waals surface area contributed by atoms with Crippen molar-refractivity contribution in [2.24, 2.45) is 0 Å². The highest BCUT2D eigenvalue weighted by molar-refractivity contribution is 6.12. The van der Waals surface area contributed by atoms with Crippen LogP contribution in [0.1, 0.15) is 27.4 Å². The molecule has 0 aliphatic carbocycles. The van der Waals surface area contributed by atoms with E-state index in [0.29, 0.717) is 34.0 Å². The van der Waals surface area contributed by atoms with E-state index in [1.165, 1.54) is 0 Å². The minimum Gasteiger partial charge on any atom is -0.466 e. The van der Waals surface area contributed by atoms with Crippen molar-refractivity contribution in [3.63, 3.8) is 0 Å². The summed E-state index contributed by atoms with van der Waals surface area (Å²) in [5.41, 5.74) is 13.3. The monoisotopic (exact) mass is 230 g/mol. The smallest absolute Gasteiger partial charge is 0.198 e. The van der Waals surface area contributed by atoms with Gasteiger partial charge in [-0.25, -0.2) is 0 Å². The van der Waals surface area contributed by atoms with Gasteiger partial charge in [-0.15, -0.1) is 0 Å². The second-order valence-corrected chi connectivity index (χ2v) is 4.00. The predicted octanol–water partition coefficient (Wildman–Crippen LogP) is 2.29. The zero-order valence-corrected chi connectivity index (χ0v) is 9.78. The van der Waals surface area contributed by atoms with E-state index in [2.05, 4.69) is 0 Å². The average molecular weight is 230 g/mol. The molecule has 0 bridgehead atoms. The van der Waals surface area contributed by atoms with Gasteiger partial charge in [0.05, 0.1) is 5.56 Å². The summed E-state index contributed by atoms with van der Waals surface area (Å²) in [7, 11) is 0. The van der Waals surface area contributed by atoms with Crippen LogP contribution in [0.25, 0.3) is 0 Å². The number of carbonyl (C=O) groups is 1. The molecule has 0 atom stereocenters. The zero-order valence-electron chi connectivity index (χ0n) is 9.78. The number of nitrogen functional groups attached to an aromatic ring is 2. The van der Waals surface area contributed by atoms with Crippen LogP contribution in [0.2, 0.25) is 0 Å². The highest BCUT2D eigenvalue weighted by Crippen LogP contribution is 2.23. The summed E-state index contributed by atoms with van der Waals surface area (Å²) in [6.45, 7) is 3.56.